The number of nitrogens with zero attached hydrogens (tertiary/aromatic N) is 3. The number of carbonyl (C=O) groups is 1. The Hall–Kier alpha value is -3.46. The molecule has 0 saturated carbocycles. The maximum atomic E-state index is 11.1. The molecule has 0 fully saturated rings. The van der Waals surface area contributed by atoms with Gasteiger partial charge in [-0.3, -0.25) is 4.79 Å². The van der Waals surface area contributed by atoms with Crippen molar-refractivity contribution in [3.05, 3.63) is 54.0 Å². The van der Waals surface area contributed by atoms with E-state index in [0.29, 0.717) is 5.56 Å². The highest BCUT2D eigenvalue weighted by molar-refractivity contribution is 6.00. The number of H-pyrrole nitrogens is 1. The van der Waals surface area contributed by atoms with Crippen molar-refractivity contribution in [1.29, 1.82) is 5.26 Å². The average molecular weight is 289 g/mol. The smallest absolute Gasteiger partial charge is 0.259 e. The maximum absolute atomic E-state index is 11.1. The molecule has 0 spiro atoms. The summed E-state index contributed by atoms with van der Waals surface area (Å²) in [5, 5.41) is 9.82. The molecule has 0 saturated heterocycles. The van der Waals surface area contributed by atoms with Crippen LogP contribution in [0.4, 0.5) is 0 Å². The molecule has 3 rings (SSSR count). The summed E-state index contributed by atoms with van der Waals surface area (Å²) in [5.41, 5.74) is 8.15. The van der Waals surface area contributed by atoms with Gasteiger partial charge in [-0.2, -0.15) is 5.26 Å². The molecule has 6 nitrogen and oxygen atoms in total. The molecule has 6 heteroatoms. The van der Waals surface area contributed by atoms with Gasteiger partial charge in [0.15, 0.2) is 0 Å². The molecule has 0 aliphatic heterocycles. The van der Waals surface area contributed by atoms with E-state index >= 15 is 0 Å². The third kappa shape index (κ3) is 2.43. The number of hydrogen-bond acceptors (Lipinski definition) is 4. The van der Waals surface area contributed by atoms with Crippen LogP contribution in [0.15, 0.2) is 48.4 Å². The average Bonchev–Trinajstić information content (AvgIpc) is 3.01. The van der Waals surface area contributed by atoms with Crippen LogP contribution in [0.5, 0.6) is 0 Å². The number of aromatic amines is 1. The highest BCUT2D eigenvalue weighted by Gasteiger charge is 2.08. The zero-order valence-electron chi connectivity index (χ0n) is 11.4. The molecule has 0 bridgehead atoms. The van der Waals surface area contributed by atoms with Gasteiger partial charge < -0.3 is 10.7 Å². The number of primary amides is 1. The summed E-state index contributed by atoms with van der Waals surface area (Å²) < 4.78 is 0. The van der Waals surface area contributed by atoms with Crippen LogP contribution in [-0.2, 0) is 4.79 Å². The highest BCUT2D eigenvalue weighted by atomic mass is 16.1. The molecule has 2 heterocycles. The lowest BCUT2D eigenvalue weighted by Gasteiger charge is -2.04. The van der Waals surface area contributed by atoms with Crippen LogP contribution in [0.2, 0.25) is 0 Å². The lowest BCUT2D eigenvalue weighted by atomic mass is 10.0. The first-order valence-corrected chi connectivity index (χ1v) is 6.49. The van der Waals surface area contributed by atoms with E-state index in [2.05, 4.69) is 15.0 Å². The number of hydrogen-bond donors (Lipinski definition) is 2. The van der Waals surface area contributed by atoms with E-state index in [9.17, 15) is 4.79 Å². The number of nitrogens with one attached hydrogen (secondary N) is 1. The highest BCUT2D eigenvalue weighted by Crippen LogP contribution is 2.25. The predicted octanol–water partition coefficient (Wildman–Crippen LogP) is 2.02. The standard InChI is InChI=1S/C16H11N5O/c17-8-12(15(18)22)7-10-2-1-3-11(6-10)14-13-4-5-19-16(13)21-9-20-14/h1-7,9H,(H2,18,22)(H,19,20,21)/b12-7+. The number of benzene rings is 1. The number of rotatable bonds is 3. The molecule has 1 amide bonds. The number of carbonyl (C=O) groups excluding carboxylic acids is 1. The molecular weight excluding hydrogens is 278 g/mol. The van der Waals surface area contributed by atoms with Gasteiger partial charge in [0.25, 0.3) is 5.91 Å². The van der Waals surface area contributed by atoms with E-state index in [0.717, 1.165) is 22.3 Å². The van der Waals surface area contributed by atoms with Crippen molar-refractivity contribution in [2.75, 3.05) is 0 Å². The Kier molecular flexibility index (Phi) is 3.38. The SMILES string of the molecule is N#C/C(=C\c1cccc(-c2ncnc3[nH]ccc23)c1)C(N)=O. The lowest BCUT2D eigenvalue weighted by molar-refractivity contribution is -0.114. The van der Waals surface area contributed by atoms with Gasteiger partial charge in [-0.1, -0.05) is 18.2 Å². The fraction of sp³-hybridized carbons (Fsp3) is 0. The van der Waals surface area contributed by atoms with Crippen molar-refractivity contribution >= 4 is 23.0 Å². The topological polar surface area (TPSA) is 108 Å². The number of fused-ring (bicyclic) bond motifs is 1. The lowest BCUT2D eigenvalue weighted by Crippen LogP contribution is -2.12. The zero-order valence-corrected chi connectivity index (χ0v) is 11.4. The summed E-state index contributed by atoms with van der Waals surface area (Å²) in [7, 11) is 0. The molecule has 1 aromatic carbocycles. The van der Waals surface area contributed by atoms with Crippen LogP contribution in [0.25, 0.3) is 28.4 Å². The van der Waals surface area contributed by atoms with Crippen LogP contribution in [-0.4, -0.2) is 20.9 Å². The van der Waals surface area contributed by atoms with Gasteiger partial charge in [-0.15, -0.1) is 0 Å². The van der Waals surface area contributed by atoms with E-state index in [-0.39, 0.29) is 5.57 Å². The molecule has 3 N–H and O–H groups in total. The Balaban J connectivity index is 2.11. The molecular formula is C16H11N5O. The van der Waals surface area contributed by atoms with Crippen molar-refractivity contribution in [3.8, 4) is 17.3 Å². The molecule has 0 atom stereocenters. The third-order valence-corrected chi connectivity index (χ3v) is 3.21. The normalized spacial score (nSPS) is 11.3. The van der Waals surface area contributed by atoms with Crippen LogP contribution in [0.1, 0.15) is 5.56 Å². The minimum Gasteiger partial charge on any atom is -0.365 e. The summed E-state index contributed by atoms with van der Waals surface area (Å²) in [5.74, 6) is -0.747. The van der Waals surface area contributed by atoms with Gasteiger partial charge in [0, 0.05) is 17.1 Å². The monoisotopic (exact) mass is 289 g/mol. The van der Waals surface area contributed by atoms with E-state index < -0.39 is 5.91 Å². The second kappa shape index (κ2) is 5.50. The Morgan fingerprint density at radius 2 is 2.18 bits per heavy atom. The Morgan fingerprint density at radius 3 is 2.95 bits per heavy atom. The van der Waals surface area contributed by atoms with Gasteiger partial charge in [-0.05, 0) is 23.8 Å². The largest absolute Gasteiger partial charge is 0.365 e. The molecule has 106 valence electrons. The summed E-state index contributed by atoms with van der Waals surface area (Å²) >= 11 is 0. The molecule has 22 heavy (non-hydrogen) atoms. The van der Waals surface area contributed by atoms with Crippen molar-refractivity contribution in [1.82, 2.24) is 15.0 Å². The quantitative estimate of drug-likeness (QED) is 0.567. The van der Waals surface area contributed by atoms with Gasteiger partial charge in [0.05, 0.1) is 5.69 Å². The van der Waals surface area contributed by atoms with Crippen LogP contribution in [0, 0.1) is 11.3 Å². The van der Waals surface area contributed by atoms with Crippen LogP contribution < -0.4 is 5.73 Å². The number of nitriles is 1. The van der Waals surface area contributed by atoms with Gasteiger partial charge >= 0.3 is 0 Å². The molecule has 0 radical (unpaired) electrons. The van der Waals surface area contributed by atoms with E-state index in [1.807, 2.05) is 24.3 Å². The molecule has 0 unspecified atom stereocenters. The number of nitrogens with two attached hydrogens (primary N) is 1. The van der Waals surface area contributed by atoms with E-state index in [1.54, 1.807) is 18.3 Å². The maximum Gasteiger partial charge on any atom is 0.259 e. The van der Waals surface area contributed by atoms with Crippen LogP contribution >= 0.6 is 0 Å². The zero-order chi connectivity index (χ0) is 15.5. The molecule has 3 aromatic rings. The fourth-order valence-corrected chi connectivity index (χ4v) is 2.20. The van der Waals surface area contributed by atoms with Gasteiger partial charge in [0.2, 0.25) is 0 Å². The molecule has 0 aliphatic rings. The summed E-state index contributed by atoms with van der Waals surface area (Å²) in [6.07, 6.45) is 4.75. The van der Waals surface area contributed by atoms with Crippen molar-refractivity contribution in [3.63, 3.8) is 0 Å². The second-order valence-corrected chi connectivity index (χ2v) is 4.62. The van der Waals surface area contributed by atoms with Crippen molar-refractivity contribution in [2.45, 2.75) is 0 Å². The van der Waals surface area contributed by atoms with E-state index in [1.165, 1.54) is 12.4 Å². The number of aromatic nitrogens is 3. The molecule has 2 aromatic heterocycles. The Bertz CT molecular complexity index is 933. The minimum atomic E-state index is -0.747. The second-order valence-electron chi connectivity index (χ2n) is 4.62. The van der Waals surface area contributed by atoms with Crippen molar-refractivity contribution < 1.29 is 4.79 Å². The van der Waals surface area contributed by atoms with Gasteiger partial charge in [0.1, 0.15) is 23.6 Å². The minimum absolute atomic E-state index is 0.0911. The Morgan fingerprint density at radius 1 is 1.32 bits per heavy atom. The first-order valence-electron chi connectivity index (χ1n) is 6.49. The predicted molar refractivity (Wildman–Crippen MR) is 82.1 cm³/mol. The van der Waals surface area contributed by atoms with Crippen LogP contribution in [0.3, 0.4) is 0 Å². The third-order valence-electron chi connectivity index (χ3n) is 3.21. The van der Waals surface area contributed by atoms with E-state index in [4.69, 9.17) is 11.0 Å². The summed E-state index contributed by atoms with van der Waals surface area (Å²) in [6.45, 7) is 0. The first-order chi connectivity index (χ1) is 10.7. The summed E-state index contributed by atoms with van der Waals surface area (Å²) in [6, 6.07) is 11.1. The Labute approximate surface area is 125 Å². The molecule has 0 aliphatic carbocycles. The van der Waals surface area contributed by atoms with Gasteiger partial charge in [-0.25, -0.2) is 9.97 Å². The fourth-order valence-electron chi connectivity index (χ4n) is 2.20. The number of amides is 1. The first kappa shape index (κ1) is 13.5. The summed E-state index contributed by atoms with van der Waals surface area (Å²) in [4.78, 5) is 22.6. The van der Waals surface area contributed by atoms with Crippen molar-refractivity contribution in [2.24, 2.45) is 5.73 Å².